The summed E-state index contributed by atoms with van der Waals surface area (Å²) in [5.41, 5.74) is 3.38. The van der Waals surface area contributed by atoms with Crippen molar-refractivity contribution in [2.24, 2.45) is 0 Å². The number of aryl methyl sites for hydroxylation is 1. The smallest absolute Gasteiger partial charge is 0.251 e. The fraction of sp³-hybridized carbons (Fsp3) is 0.458. The minimum absolute atomic E-state index is 0.0298. The lowest BCUT2D eigenvalue weighted by Crippen LogP contribution is -2.42. The maximum absolute atomic E-state index is 12.8. The van der Waals surface area contributed by atoms with Crippen molar-refractivity contribution in [3.63, 3.8) is 0 Å². The van der Waals surface area contributed by atoms with Gasteiger partial charge in [0.25, 0.3) is 5.91 Å². The van der Waals surface area contributed by atoms with Gasteiger partial charge in [-0.2, -0.15) is 0 Å². The summed E-state index contributed by atoms with van der Waals surface area (Å²) >= 11 is 0. The molecule has 0 radical (unpaired) electrons. The molecule has 0 saturated carbocycles. The van der Waals surface area contributed by atoms with Crippen molar-refractivity contribution in [3.05, 3.63) is 48.2 Å². The van der Waals surface area contributed by atoms with Crippen LogP contribution in [0.4, 0.5) is 0 Å². The van der Waals surface area contributed by atoms with Gasteiger partial charge in [-0.05, 0) is 57.0 Å². The normalized spacial score (nSPS) is 17.3. The highest BCUT2D eigenvalue weighted by atomic mass is 16.1. The summed E-state index contributed by atoms with van der Waals surface area (Å²) in [4.78, 5) is 24.5. The summed E-state index contributed by atoms with van der Waals surface area (Å²) in [5.74, 6) is 0.833. The molecule has 2 aromatic heterocycles. The van der Waals surface area contributed by atoms with Gasteiger partial charge in [-0.1, -0.05) is 25.5 Å². The Hall–Kier alpha value is -2.73. The Morgan fingerprint density at radius 2 is 2.10 bits per heavy atom. The highest BCUT2D eigenvalue weighted by molar-refractivity contribution is 5.95. The molecule has 1 saturated heterocycles. The van der Waals surface area contributed by atoms with E-state index in [0.29, 0.717) is 18.2 Å². The standard InChI is InChI=1S/C24H31N5O/c1-3-14-29-22(27-21-11-7-12-25-23(21)29)19-9-6-10-20(17-19)24(30)26-13-16-28-15-5-4-8-18(28)2/h6-7,9-12,17-18H,3-5,8,13-16H2,1-2H3,(H,26,30). The van der Waals surface area contributed by atoms with Gasteiger partial charge in [-0.15, -0.1) is 0 Å². The first-order chi connectivity index (χ1) is 14.7. The number of benzene rings is 1. The molecule has 3 aromatic rings. The number of pyridine rings is 1. The maximum atomic E-state index is 12.8. The molecule has 1 aromatic carbocycles. The fourth-order valence-electron chi connectivity index (χ4n) is 4.32. The Morgan fingerprint density at radius 3 is 2.93 bits per heavy atom. The van der Waals surface area contributed by atoms with Gasteiger partial charge in [0, 0.05) is 43.0 Å². The summed E-state index contributed by atoms with van der Waals surface area (Å²) in [7, 11) is 0. The molecule has 1 unspecified atom stereocenters. The third-order valence-corrected chi connectivity index (χ3v) is 5.96. The van der Waals surface area contributed by atoms with Gasteiger partial charge in [0.1, 0.15) is 11.3 Å². The number of hydrogen-bond acceptors (Lipinski definition) is 4. The Balaban J connectivity index is 1.49. The molecule has 1 aliphatic heterocycles. The van der Waals surface area contributed by atoms with E-state index >= 15 is 0 Å². The van der Waals surface area contributed by atoms with Gasteiger partial charge in [0.15, 0.2) is 5.65 Å². The van der Waals surface area contributed by atoms with Crippen LogP contribution in [0.3, 0.4) is 0 Å². The van der Waals surface area contributed by atoms with Crippen LogP contribution in [0.2, 0.25) is 0 Å². The molecule has 158 valence electrons. The van der Waals surface area contributed by atoms with Gasteiger partial charge >= 0.3 is 0 Å². The van der Waals surface area contributed by atoms with Crippen LogP contribution >= 0.6 is 0 Å². The molecule has 1 fully saturated rings. The molecule has 6 heteroatoms. The zero-order chi connectivity index (χ0) is 20.9. The molecule has 0 bridgehead atoms. The van der Waals surface area contributed by atoms with Crippen molar-refractivity contribution in [1.82, 2.24) is 24.8 Å². The van der Waals surface area contributed by atoms with Crippen LogP contribution in [0, 0.1) is 0 Å². The van der Waals surface area contributed by atoms with Crippen LogP contribution in [0.1, 0.15) is 49.9 Å². The lowest BCUT2D eigenvalue weighted by molar-refractivity contribution is 0.0938. The maximum Gasteiger partial charge on any atom is 0.251 e. The summed E-state index contributed by atoms with van der Waals surface area (Å²) in [6.45, 7) is 7.98. The van der Waals surface area contributed by atoms with Crippen LogP contribution in [0.15, 0.2) is 42.6 Å². The molecule has 1 amide bonds. The number of carbonyl (C=O) groups excluding carboxylic acids is 1. The van der Waals surface area contributed by atoms with Gasteiger partial charge in [-0.3, -0.25) is 9.69 Å². The van der Waals surface area contributed by atoms with E-state index in [0.717, 1.165) is 48.6 Å². The first-order valence-corrected chi connectivity index (χ1v) is 11.1. The number of nitrogens with zero attached hydrogens (tertiary/aromatic N) is 4. The number of aromatic nitrogens is 3. The first kappa shape index (κ1) is 20.5. The molecule has 1 aliphatic rings. The second-order valence-electron chi connectivity index (χ2n) is 8.15. The van der Waals surface area contributed by atoms with E-state index in [1.165, 1.54) is 19.3 Å². The number of likely N-dealkylation sites (tertiary alicyclic amines) is 1. The van der Waals surface area contributed by atoms with E-state index in [1.54, 1.807) is 6.20 Å². The molecule has 0 spiro atoms. The van der Waals surface area contributed by atoms with Crippen LogP contribution in [-0.4, -0.2) is 51.0 Å². The molecule has 6 nitrogen and oxygen atoms in total. The van der Waals surface area contributed by atoms with Crippen LogP contribution in [0.25, 0.3) is 22.6 Å². The number of imidazole rings is 1. The van der Waals surface area contributed by atoms with E-state index in [4.69, 9.17) is 4.98 Å². The van der Waals surface area contributed by atoms with E-state index in [9.17, 15) is 4.79 Å². The van der Waals surface area contributed by atoms with Crippen LogP contribution < -0.4 is 5.32 Å². The van der Waals surface area contributed by atoms with Gasteiger partial charge < -0.3 is 9.88 Å². The highest BCUT2D eigenvalue weighted by Gasteiger charge is 2.18. The second kappa shape index (κ2) is 9.39. The molecule has 0 aliphatic carbocycles. The molecular weight excluding hydrogens is 374 g/mol. The van der Waals surface area contributed by atoms with E-state index in [2.05, 4.69) is 33.6 Å². The van der Waals surface area contributed by atoms with Crippen molar-refractivity contribution in [1.29, 1.82) is 0 Å². The van der Waals surface area contributed by atoms with Crippen molar-refractivity contribution >= 4 is 17.1 Å². The monoisotopic (exact) mass is 405 g/mol. The number of fused-ring (bicyclic) bond motifs is 1. The Labute approximate surface area is 178 Å². The van der Waals surface area contributed by atoms with Gasteiger partial charge in [0.2, 0.25) is 0 Å². The highest BCUT2D eigenvalue weighted by Crippen LogP contribution is 2.25. The molecule has 1 N–H and O–H groups in total. The minimum Gasteiger partial charge on any atom is -0.351 e. The third kappa shape index (κ3) is 4.38. The van der Waals surface area contributed by atoms with Crippen molar-refractivity contribution in [2.75, 3.05) is 19.6 Å². The number of nitrogens with one attached hydrogen (secondary N) is 1. The van der Waals surface area contributed by atoms with Gasteiger partial charge in [0.05, 0.1) is 0 Å². The first-order valence-electron chi connectivity index (χ1n) is 11.1. The van der Waals surface area contributed by atoms with Crippen LogP contribution in [-0.2, 0) is 6.54 Å². The molecule has 1 atom stereocenters. The summed E-state index contributed by atoms with van der Waals surface area (Å²) in [5, 5.41) is 3.09. The van der Waals surface area contributed by atoms with Crippen molar-refractivity contribution in [3.8, 4) is 11.4 Å². The SMILES string of the molecule is CCCn1c(-c2cccc(C(=O)NCCN3CCCCC3C)c2)nc2cccnc21. The minimum atomic E-state index is -0.0298. The number of piperidine rings is 1. The quantitative estimate of drug-likeness (QED) is 0.642. The predicted molar refractivity (Wildman–Crippen MR) is 120 cm³/mol. The number of amides is 1. The molecule has 4 rings (SSSR count). The molecule has 3 heterocycles. The largest absolute Gasteiger partial charge is 0.351 e. The average molecular weight is 406 g/mol. The summed E-state index contributed by atoms with van der Waals surface area (Å²) in [6.07, 6.45) is 6.61. The average Bonchev–Trinajstić information content (AvgIpc) is 3.14. The Kier molecular flexibility index (Phi) is 6.43. The number of hydrogen-bond donors (Lipinski definition) is 1. The number of carbonyl (C=O) groups is 1. The van der Waals surface area contributed by atoms with E-state index < -0.39 is 0 Å². The lowest BCUT2D eigenvalue weighted by Gasteiger charge is -2.33. The Bertz CT molecular complexity index is 1010. The topological polar surface area (TPSA) is 63.1 Å². The van der Waals surface area contributed by atoms with Crippen molar-refractivity contribution < 1.29 is 4.79 Å². The zero-order valence-corrected chi connectivity index (χ0v) is 18.0. The fourth-order valence-corrected chi connectivity index (χ4v) is 4.32. The molecular formula is C24H31N5O. The zero-order valence-electron chi connectivity index (χ0n) is 18.0. The van der Waals surface area contributed by atoms with Crippen molar-refractivity contribution in [2.45, 2.75) is 52.1 Å². The van der Waals surface area contributed by atoms with Crippen LogP contribution in [0.5, 0.6) is 0 Å². The molecule has 30 heavy (non-hydrogen) atoms. The predicted octanol–water partition coefficient (Wildman–Crippen LogP) is 4.11. The van der Waals surface area contributed by atoms with E-state index in [-0.39, 0.29) is 5.91 Å². The Morgan fingerprint density at radius 1 is 1.20 bits per heavy atom. The second-order valence-corrected chi connectivity index (χ2v) is 8.15. The summed E-state index contributed by atoms with van der Waals surface area (Å²) in [6, 6.07) is 12.2. The van der Waals surface area contributed by atoms with Gasteiger partial charge in [-0.25, -0.2) is 9.97 Å². The lowest BCUT2D eigenvalue weighted by atomic mass is 10.0. The number of rotatable bonds is 7. The third-order valence-electron chi connectivity index (χ3n) is 5.96. The summed E-state index contributed by atoms with van der Waals surface area (Å²) < 4.78 is 2.14. The van der Waals surface area contributed by atoms with E-state index in [1.807, 2.05) is 36.4 Å².